The molecule has 0 aliphatic heterocycles. The van der Waals surface area contributed by atoms with E-state index in [-0.39, 0.29) is 11.9 Å². The van der Waals surface area contributed by atoms with E-state index in [1.807, 2.05) is 84.2 Å². The number of anilines is 2. The van der Waals surface area contributed by atoms with Gasteiger partial charge in [-0.1, -0.05) is 24.3 Å². The maximum absolute atomic E-state index is 12.0. The Morgan fingerprint density at radius 3 is 2.41 bits per heavy atom. The van der Waals surface area contributed by atoms with Crippen LogP contribution in [0.4, 0.5) is 16.2 Å². The Bertz CT molecular complexity index is 1310. The second-order valence-corrected chi connectivity index (χ2v) is 8.31. The fourth-order valence-corrected chi connectivity index (χ4v) is 3.64. The van der Waals surface area contributed by atoms with Gasteiger partial charge in [0.25, 0.3) is 0 Å². The van der Waals surface area contributed by atoms with Gasteiger partial charge < -0.3 is 20.9 Å². The lowest BCUT2D eigenvalue weighted by Gasteiger charge is -2.12. The molecule has 8 nitrogen and oxygen atoms in total. The number of imidazole rings is 1. The van der Waals surface area contributed by atoms with E-state index in [1.165, 1.54) is 6.92 Å². The smallest absolute Gasteiger partial charge is 0.319 e. The summed E-state index contributed by atoms with van der Waals surface area (Å²) in [6, 6.07) is 21.3. The number of nitrogens with one attached hydrogen (secondary N) is 3. The highest BCUT2D eigenvalue weighted by molar-refractivity contribution is 5.90. The Morgan fingerprint density at radius 2 is 1.68 bits per heavy atom. The van der Waals surface area contributed by atoms with E-state index >= 15 is 0 Å². The first-order chi connectivity index (χ1) is 16.4. The molecule has 0 saturated heterocycles. The minimum Gasteiger partial charge on any atom is -0.337 e. The number of rotatable bonds is 7. The van der Waals surface area contributed by atoms with Gasteiger partial charge in [0, 0.05) is 37.1 Å². The largest absolute Gasteiger partial charge is 0.337 e. The van der Waals surface area contributed by atoms with Crippen LogP contribution in [0.25, 0.3) is 27.8 Å². The van der Waals surface area contributed by atoms with Gasteiger partial charge in [-0.15, -0.1) is 0 Å². The fraction of sp³-hybridized carbons (Fsp3) is 0.192. The molecule has 4 aromatic rings. The third-order valence-corrected chi connectivity index (χ3v) is 5.31. The summed E-state index contributed by atoms with van der Waals surface area (Å²) < 4.78 is 2.00. The monoisotopic (exact) mass is 456 g/mol. The number of benzene rings is 3. The first kappa shape index (κ1) is 23.0. The lowest BCUT2D eigenvalue weighted by atomic mass is 10.0. The van der Waals surface area contributed by atoms with E-state index in [2.05, 4.69) is 27.0 Å². The summed E-state index contributed by atoms with van der Waals surface area (Å²) in [5.41, 5.74) is 6.27. The van der Waals surface area contributed by atoms with Crippen LogP contribution >= 0.6 is 0 Å². The SMILES string of the molecule is CC(=O)Nc1cccc(-n2cnc3ccc(-c4ccc(NC(=O)NCCN(C)C)cc4)cc32)c1. The van der Waals surface area contributed by atoms with E-state index < -0.39 is 0 Å². The first-order valence-corrected chi connectivity index (χ1v) is 11.0. The highest BCUT2D eigenvalue weighted by Gasteiger charge is 2.09. The van der Waals surface area contributed by atoms with E-state index in [1.54, 1.807) is 6.33 Å². The van der Waals surface area contributed by atoms with Gasteiger partial charge >= 0.3 is 6.03 Å². The third kappa shape index (κ3) is 5.60. The first-order valence-electron chi connectivity index (χ1n) is 11.0. The molecule has 3 amide bonds. The second-order valence-electron chi connectivity index (χ2n) is 8.31. The molecular weight excluding hydrogens is 428 g/mol. The normalized spacial score (nSPS) is 10.9. The number of hydrogen-bond donors (Lipinski definition) is 3. The average Bonchev–Trinajstić information content (AvgIpc) is 3.22. The zero-order chi connectivity index (χ0) is 24.1. The van der Waals surface area contributed by atoms with Crippen molar-refractivity contribution in [1.82, 2.24) is 19.8 Å². The standard InChI is InChI=1S/C26H28N6O2/c1-18(33)29-22-5-4-6-23(16-22)32-17-28-24-12-9-20(15-25(24)32)19-7-10-21(11-8-19)30-26(34)27-13-14-31(2)3/h4-12,15-17H,13-14H2,1-3H3,(H,29,33)(H2,27,30,34). The van der Waals surface area contributed by atoms with Crippen molar-refractivity contribution in [2.45, 2.75) is 6.92 Å². The van der Waals surface area contributed by atoms with E-state index in [0.29, 0.717) is 6.54 Å². The van der Waals surface area contributed by atoms with Gasteiger partial charge in [0.2, 0.25) is 5.91 Å². The summed E-state index contributed by atoms with van der Waals surface area (Å²) in [6.07, 6.45) is 1.78. The third-order valence-electron chi connectivity index (χ3n) is 5.31. The molecule has 0 unspecified atom stereocenters. The maximum atomic E-state index is 12.0. The zero-order valence-corrected chi connectivity index (χ0v) is 19.5. The van der Waals surface area contributed by atoms with Gasteiger partial charge in [-0.2, -0.15) is 0 Å². The van der Waals surface area contributed by atoms with Crippen molar-refractivity contribution in [3.63, 3.8) is 0 Å². The van der Waals surface area contributed by atoms with Crippen molar-refractivity contribution >= 4 is 34.3 Å². The Morgan fingerprint density at radius 1 is 0.912 bits per heavy atom. The molecule has 0 aliphatic rings. The Labute approximate surface area is 198 Å². The Kier molecular flexibility index (Phi) is 6.89. The summed E-state index contributed by atoms with van der Waals surface area (Å²) in [6.45, 7) is 2.85. The molecule has 0 radical (unpaired) electrons. The van der Waals surface area contributed by atoms with Crippen LogP contribution in [0, 0.1) is 0 Å². The average molecular weight is 457 g/mol. The van der Waals surface area contributed by atoms with Crippen LogP contribution in [0.2, 0.25) is 0 Å². The minimum atomic E-state index is -0.221. The molecule has 1 aromatic heterocycles. The molecule has 1 heterocycles. The van der Waals surface area contributed by atoms with Gasteiger partial charge in [-0.3, -0.25) is 9.36 Å². The van der Waals surface area contributed by atoms with Gasteiger partial charge in [-0.25, -0.2) is 9.78 Å². The van der Waals surface area contributed by atoms with Gasteiger partial charge in [-0.05, 0) is 67.7 Å². The summed E-state index contributed by atoms with van der Waals surface area (Å²) >= 11 is 0. The number of likely N-dealkylation sites (N-methyl/N-ethyl adjacent to an activating group) is 1. The highest BCUT2D eigenvalue weighted by atomic mass is 16.2. The second kappa shape index (κ2) is 10.2. The summed E-state index contributed by atoms with van der Waals surface area (Å²) in [4.78, 5) is 30.0. The Hall–Kier alpha value is -4.17. The van der Waals surface area contributed by atoms with Crippen molar-refractivity contribution in [3.8, 4) is 16.8 Å². The van der Waals surface area contributed by atoms with Gasteiger partial charge in [0.05, 0.1) is 11.0 Å². The molecule has 34 heavy (non-hydrogen) atoms. The van der Waals surface area contributed by atoms with Crippen molar-refractivity contribution in [3.05, 3.63) is 73.1 Å². The quantitative estimate of drug-likeness (QED) is 0.386. The lowest BCUT2D eigenvalue weighted by Crippen LogP contribution is -2.34. The lowest BCUT2D eigenvalue weighted by molar-refractivity contribution is -0.114. The van der Waals surface area contributed by atoms with Crippen LogP contribution in [0.3, 0.4) is 0 Å². The van der Waals surface area contributed by atoms with E-state index in [4.69, 9.17) is 0 Å². The van der Waals surface area contributed by atoms with E-state index in [9.17, 15) is 9.59 Å². The van der Waals surface area contributed by atoms with Crippen molar-refractivity contribution in [2.24, 2.45) is 0 Å². The number of fused-ring (bicyclic) bond motifs is 1. The summed E-state index contributed by atoms with van der Waals surface area (Å²) in [5.74, 6) is -0.112. The van der Waals surface area contributed by atoms with Gasteiger partial charge in [0.15, 0.2) is 0 Å². The van der Waals surface area contributed by atoms with Crippen molar-refractivity contribution in [1.29, 1.82) is 0 Å². The molecule has 0 bridgehead atoms. The number of nitrogens with zero attached hydrogens (tertiary/aromatic N) is 3. The zero-order valence-electron chi connectivity index (χ0n) is 19.5. The van der Waals surface area contributed by atoms with Crippen LogP contribution in [-0.4, -0.2) is 53.6 Å². The summed E-state index contributed by atoms with van der Waals surface area (Å²) in [7, 11) is 3.93. The molecule has 3 N–H and O–H groups in total. The molecule has 0 spiro atoms. The molecule has 4 rings (SSSR count). The predicted molar refractivity (Wildman–Crippen MR) is 136 cm³/mol. The minimum absolute atomic E-state index is 0.112. The maximum Gasteiger partial charge on any atom is 0.319 e. The number of aromatic nitrogens is 2. The fourth-order valence-electron chi connectivity index (χ4n) is 3.64. The Balaban J connectivity index is 1.53. The number of amides is 3. The highest BCUT2D eigenvalue weighted by Crippen LogP contribution is 2.27. The predicted octanol–water partition coefficient (Wildman–Crippen LogP) is 4.33. The molecular formula is C26H28N6O2. The van der Waals surface area contributed by atoms with Crippen molar-refractivity contribution < 1.29 is 9.59 Å². The summed E-state index contributed by atoms with van der Waals surface area (Å²) in [5, 5.41) is 8.51. The van der Waals surface area contributed by atoms with Crippen molar-refractivity contribution in [2.75, 3.05) is 37.8 Å². The van der Waals surface area contributed by atoms with Crippen LogP contribution < -0.4 is 16.0 Å². The molecule has 0 aliphatic carbocycles. The number of carbonyl (C=O) groups excluding carboxylic acids is 2. The topological polar surface area (TPSA) is 91.3 Å². The van der Waals surface area contributed by atoms with Crippen LogP contribution in [-0.2, 0) is 4.79 Å². The van der Waals surface area contributed by atoms with Gasteiger partial charge in [0.1, 0.15) is 6.33 Å². The van der Waals surface area contributed by atoms with Crippen LogP contribution in [0.1, 0.15) is 6.92 Å². The molecule has 0 saturated carbocycles. The number of hydrogen-bond acceptors (Lipinski definition) is 4. The number of urea groups is 1. The molecule has 3 aromatic carbocycles. The number of carbonyl (C=O) groups is 2. The van der Waals surface area contributed by atoms with Crippen LogP contribution in [0.15, 0.2) is 73.1 Å². The van der Waals surface area contributed by atoms with Crippen LogP contribution in [0.5, 0.6) is 0 Å². The molecule has 0 fully saturated rings. The molecule has 8 heteroatoms. The molecule has 174 valence electrons. The molecule has 0 atom stereocenters. The van der Waals surface area contributed by atoms with E-state index in [0.717, 1.165) is 45.8 Å².